The average molecular weight is 603 g/mol. The lowest BCUT2D eigenvalue weighted by Gasteiger charge is -2.41. The molecule has 2 fully saturated rings. The molecule has 11 heteroatoms. The number of alkyl halides is 2. The number of nitrogens with zero attached hydrogens (tertiary/aromatic N) is 6. The summed E-state index contributed by atoms with van der Waals surface area (Å²) in [6, 6.07) is 12.6. The van der Waals surface area contributed by atoms with Crippen LogP contribution in [0.2, 0.25) is 0 Å². The average Bonchev–Trinajstić information content (AvgIpc) is 3.01. The molecule has 230 valence electrons. The maximum Gasteiger partial charge on any atom is 0.318 e. The van der Waals surface area contributed by atoms with E-state index in [0.29, 0.717) is 32.6 Å². The van der Waals surface area contributed by atoms with Crippen LogP contribution in [0.3, 0.4) is 0 Å². The minimum absolute atomic E-state index is 0.133. The van der Waals surface area contributed by atoms with Crippen molar-refractivity contribution in [1.82, 2.24) is 14.9 Å². The lowest BCUT2D eigenvalue weighted by Crippen LogP contribution is -2.56. The number of aryl methyl sites for hydroxylation is 1. The van der Waals surface area contributed by atoms with Gasteiger partial charge in [0.25, 0.3) is 5.92 Å². The molecule has 0 spiro atoms. The minimum atomic E-state index is -2.64. The van der Waals surface area contributed by atoms with E-state index < -0.39 is 12.0 Å². The second-order valence-corrected chi connectivity index (χ2v) is 11.7. The van der Waals surface area contributed by atoms with Crippen LogP contribution in [0, 0.1) is 13.5 Å². The second kappa shape index (κ2) is 12.4. The fraction of sp³-hybridized carbons (Fsp3) is 0.455. The third-order valence-electron chi connectivity index (χ3n) is 8.72. The Morgan fingerprint density at radius 3 is 2.68 bits per heavy atom. The van der Waals surface area contributed by atoms with Crippen molar-refractivity contribution in [2.45, 2.75) is 50.8 Å². The lowest BCUT2D eigenvalue weighted by molar-refractivity contribution is -0.167. The number of hydrogen-bond acceptors (Lipinski definition) is 7. The van der Waals surface area contributed by atoms with Crippen LogP contribution in [-0.4, -0.2) is 84.8 Å². The van der Waals surface area contributed by atoms with Crippen LogP contribution in [0.4, 0.5) is 20.3 Å². The first kappa shape index (κ1) is 29.8. The summed E-state index contributed by atoms with van der Waals surface area (Å²) >= 11 is 0. The molecule has 6 rings (SSSR count). The second-order valence-electron chi connectivity index (χ2n) is 11.7. The van der Waals surface area contributed by atoms with E-state index in [1.54, 1.807) is 4.90 Å². The summed E-state index contributed by atoms with van der Waals surface area (Å²) in [5.74, 6) is -2.07. The van der Waals surface area contributed by atoms with Crippen molar-refractivity contribution in [1.29, 1.82) is 0 Å². The molecule has 1 atom stereocenters. The molecule has 44 heavy (non-hydrogen) atoms. The van der Waals surface area contributed by atoms with Crippen LogP contribution in [0.1, 0.15) is 29.7 Å². The van der Waals surface area contributed by atoms with E-state index in [-0.39, 0.29) is 50.6 Å². The standard InChI is InChI=1S/C33H36F2N6O3/c1-4-29(42)41-14-13-40(20-24(41)19-36-3)31-26-11-12-39(28-10-6-9-23-8-5-7-22(2)30(23)28)21-27(26)37-32(38-31)44-16-15-43-25-17-33(34,35)18-25/h4-10,24-25H,1,11-21H2,2H3/t24-/m0/s1. The van der Waals surface area contributed by atoms with Crippen molar-refractivity contribution in [2.24, 2.45) is 0 Å². The lowest BCUT2D eigenvalue weighted by atomic mass is 9.91. The molecule has 3 heterocycles. The van der Waals surface area contributed by atoms with Crippen LogP contribution in [0.25, 0.3) is 15.6 Å². The van der Waals surface area contributed by atoms with Crippen LogP contribution in [0.5, 0.6) is 6.01 Å². The van der Waals surface area contributed by atoms with Gasteiger partial charge in [0.1, 0.15) is 18.5 Å². The quantitative estimate of drug-likeness (QED) is 0.198. The third kappa shape index (κ3) is 6.04. The number of carbonyl (C=O) groups is 1. The van der Waals surface area contributed by atoms with Gasteiger partial charge in [-0.25, -0.2) is 15.4 Å². The molecular weight excluding hydrogens is 566 g/mol. The molecule has 3 aromatic rings. The maximum absolute atomic E-state index is 13.2. The van der Waals surface area contributed by atoms with Gasteiger partial charge in [-0.3, -0.25) is 4.79 Å². The van der Waals surface area contributed by atoms with Gasteiger partial charge < -0.3 is 29.0 Å². The highest BCUT2D eigenvalue weighted by atomic mass is 19.3. The topological polar surface area (TPSA) is 75.4 Å². The molecule has 0 bridgehead atoms. The Kier molecular flexibility index (Phi) is 8.36. The van der Waals surface area contributed by atoms with Crippen molar-refractivity contribution in [2.75, 3.05) is 55.7 Å². The Balaban J connectivity index is 1.27. The smallest absolute Gasteiger partial charge is 0.318 e. The zero-order valence-corrected chi connectivity index (χ0v) is 24.8. The number of hydrogen-bond donors (Lipinski definition) is 0. The zero-order valence-electron chi connectivity index (χ0n) is 24.8. The SMILES string of the molecule is [C-]#[N+]C[C@H]1CN(c2nc(OCCOC3CC(F)(F)C3)nc3c2CCN(c2cccc4cccc(C)c24)C3)CCN1C(=O)C=C. The molecule has 0 radical (unpaired) electrons. The van der Waals surface area contributed by atoms with Gasteiger partial charge in [0, 0.05) is 55.7 Å². The van der Waals surface area contributed by atoms with E-state index in [1.165, 1.54) is 22.4 Å². The van der Waals surface area contributed by atoms with Gasteiger partial charge in [0.2, 0.25) is 12.5 Å². The molecule has 1 amide bonds. The van der Waals surface area contributed by atoms with E-state index >= 15 is 0 Å². The first-order valence-corrected chi connectivity index (χ1v) is 15.0. The maximum atomic E-state index is 13.2. The number of benzene rings is 2. The summed E-state index contributed by atoms with van der Waals surface area (Å²) in [6.45, 7) is 16.5. The van der Waals surface area contributed by atoms with Gasteiger partial charge >= 0.3 is 6.01 Å². The number of fused-ring (bicyclic) bond motifs is 2. The highest BCUT2D eigenvalue weighted by molar-refractivity contribution is 5.97. The molecule has 1 aliphatic carbocycles. The van der Waals surface area contributed by atoms with E-state index in [9.17, 15) is 13.6 Å². The van der Waals surface area contributed by atoms with Crippen molar-refractivity contribution >= 4 is 28.2 Å². The first-order chi connectivity index (χ1) is 21.3. The summed E-state index contributed by atoms with van der Waals surface area (Å²) in [5, 5.41) is 2.40. The fourth-order valence-corrected chi connectivity index (χ4v) is 6.48. The predicted octanol–water partition coefficient (Wildman–Crippen LogP) is 4.82. The van der Waals surface area contributed by atoms with Crippen LogP contribution < -0.4 is 14.5 Å². The van der Waals surface area contributed by atoms with Crippen molar-refractivity contribution in [3.63, 3.8) is 0 Å². The number of rotatable bonds is 9. The Labute approximate surface area is 255 Å². The van der Waals surface area contributed by atoms with Crippen molar-refractivity contribution < 1.29 is 23.0 Å². The largest absolute Gasteiger partial charge is 0.461 e. The van der Waals surface area contributed by atoms with E-state index in [4.69, 9.17) is 26.0 Å². The molecule has 1 aromatic heterocycles. The summed E-state index contributed by atoms with van der Waals surface area (Å²) in [6.07, 6.45) is 1.03. The highest BCUT2D eigenvalue weighted by Crippen LogP contribution is 2.39. The molecule has 2 aliphatic heterocycles. The molecule has 2 aromatic carbocycles. The fourth-order valence-electron chi connectivity index (χ4n) is 6.48. The van der Waals surface area contributed by atoms with E-state index in [1.807, 2.05) is 0 Å². The van der Waals surface area contributed by atoms with E-state index in [0.717, 1.165) is 29.3 Å². The summed E-state index contributed by atoms with van der Waals surface area (Å²) in [4.78, 5) is 31.9. The van der Waals surface area contributed by atoms with Gasteiger partial charge in [-0.2, -0.15) is 9.97 Å². The van der Waals surface area contributed by atoms with Gasteiger partial charge in [0.15, 0.2) is 0 Å². The van der Waals surface area contributed by atoms with Gasteiger partial charge in [-0.1, -0.05) is 36.9 Å². The zero-order chi connectivity index (χ0) is 30.8. The molecule has 1 saturated heterocycles. The molecule has 9 nitrogen and oxygen atoms in total. The molecule has 3 aliphatic rings. The molecule has 1 saturated carbocycles. The Hall–Kier alpha value is -4.30. The van der Waals surface area contributed by atoms with Gasteiger partial charge in [0.05, 0.1) is 24.9 Å². The summed E-state index contributed by atoms with van der Waals surface area (Å²) in [5.41, 5.74) is 4.24. The van der Waals surface area contributed by atoms with Crippen LogP contribution in [-0.2, 0) is 22.5 Å². The minimum Gasteiger partial charge on any atom is -0.461 e. The Morgan fingerprint density at radius 2 is 1.93 bits per heavy atom. The van der Waals surface area contributed by atoms with E-state index in [2.05, 4.69) is 64.5 Å². The number of ether oxygens (including phenoxy) is 2. The number of halogens is 2. The summed E-state index contributed by atoms with van der Waals surface area (Å²) < 4.78 is 37.9. The number of amides is 1. The number of carbonyl (C=O) groups excluding carboxylic acids is 1. The monoisotopic (exact) mass is 602 g/mol. The van der Waals surface area contributed by atoms with Crippen molar-refractivity contribution in [3.8, 4) is 6.01 Å². The van der Waals surface area contributed by atoms with Gasteiger partial charge in [-0.05, 0) is 36.4 Å². The third-order valence-corrected chi connectivity index (χ3v) is 8.72. The first-order valence-electron chi connectivity index (χ1n) is 15.0. The summed E-state index contributed by atoms with van der Waals surface area (Å²) in [7, 11) is 0. The Morgan fingerprint density at radius 1 is 1.14 bits per heavy atom. The predicted molar refractivity (Wildman–Crippen MR) is 164 cm³/mol. The highest BCUT2D eigenvalue weighted by Gasteiger charge is 2.46. The Bertz CT molecular complexity index is 1600. The van der Waals surface area contributed by atoms with Crippen molar-refractivity contribution in [3.05, 3.63) is 77.3 Å². The van der Waals surface area contributed by atoms with Crippen LogP contribution >= 0.6 is 0 Å². The number of aromatic nitrogens is 2. The molecular formula is C33H36F2N6O3. The molecule has 0 unspecified atom stereocenters. The van der Waals surface area contributed by atoms with Gasteiger partial charge in [-0.15, -0.1) is 0 Å². The molecule has 0 N–H and O–H groups in total. The number of anilines is 2. The normalized spacial score (nSPS) is 19.7. The number of piperazine rings is 1. The van der Waals surface area contributed by atoms with Crippen LogP contribution in [0.15, 0.2) is 49.1 Å².